The molecule has 22 heavy (non-hydrogen) atoms. The topological polar surface area (TPSA) is 72.7 Å². The van der Waals surface area contributed by atoms with Crippen LogP contribution in [0.25, 0.3) is 0 Å². The molecule has 0 bridgehead atoms. The van der Waals surface area contributed by atoms with E-state index >= 15 is 0 Å². The minimum Gasteiger partial charge on any atom is -0.444 e. The maximum Gasteiger partial charge on any atom is 0.414 e. The first kappa shape index (κ1) is 15.5. The maximum atomic E-state index is 12.1. The smallest absolute Gasteiger partial charge is 0.414 e. The molecule has 0 aliphatic carbocycles. The normalized spacial score (nSPS) is 10.0. The second-order valence-corrected chi connectivity index (χ2v) is 4.56. The molecule has 0 unspecified atom stereocenters. The average molecular weight is 300 g/mol. The molecule has 0 aliphatic rings. The summed E-state index contributed by atoms with van der Waals surface area (Å²) in [7, 11) is 0. The number of carbonyl (C=O) groups is 1. The number of carbonyl (C=O) groups excluding carboxylic acids is 1. The first-order valence-corrected chi connectivity index (χ1v) is 6.84. The predicted octanol–water partition coefficient (Wildman–Crippen LogP) is 3.76. The fourth-order valence-electron chi connectivity index (χ4n) is 1.97. The molecule has 0 heterocycles. The number of benzene rings is 2. The number of ether oxygens (including phenoxy) is 1. The molecule has 0 saturated heterocycles. The van der Waals surface area contributed by atoms with Crippen LogP contribution in [0.2, 0.25) is 0 Å². The van der Waals surface area contributed by atoms with Gasteiger partial charge in [0.25, 0.3) is 5.69 Å². The van der Waals surface area contributed by atoms with Gasteiger partial charge in [-0.2, -0.15) is 0 Å². The molecule has 6 heteroatoms. The Morgan fingerprint density at radius 3 is 2.32 bits per heavy atom. The van der Waals surface area contributed by atoms with Gasteiger partial charge in [-0.3, -0.25) is 15.0 Å². The molecule has 0 N–H and O–H groups in total. The van der Waals surface area contributed by atoms with E-state index in [9.17, 15) is 14.9 Å². The number of hydrogen-bond donors (Lipinski definition) is 0. The van der Waals surface area contributed by atoms with Crippen LogP contribution in [-0.2, 0) is 11.3 Å². The lowest BCUT2D eigenvalue weighted by atomic mass is 10.2. The number of hydrogen-bond acceptors (Lipinski definition) is 4. The predicted molar refractivity (Wildman–Crippen MR) is 82.7 cm³/mol. The van der Waals surface area contributed by atoms with Crippen molar-refractivity contribution < 1.29 is 14.5 Å². The van der Waals surface area contributed by atoms with E-state index in [1.165, 1.54) is 29.2 Å². The van der Waals surface area contributed by atoms with Crippen LogP contribution in [0, 0.1) is 10.1 Å². The minimum atomic E-state index is -0.486. The zero-order valence-electron chi connectivity index (χ0n) is 12.1. The largest absolute Gasteiger partial charge is 0.444 e. The first-order chi connectivity index (χ1) is 10.6. The number of nitro groups is 1. The lowest BCUT2D eigenvalue weighted by Gasteiger charge is -2.20. The summed E-state index contributed by atoms with van der Waals surface area (Å²) in [6.45, 7) is 2.40. The van der Waals surface area contributed by atoms with Gasteiger partial charge < -0.3 is 4.74 Å². The molecule has 6 nitrogen and oxygen atoms in total. The number of nitrogens with zero attached hydrogens (tertiary/aromatic N) is 2. The van der Waals surface area contributed by atoms with Crippen molar-refractivity contribution in [1.29, 1.82) is 0 Å². The molecule has 0 aromatic heterocycles. The summed E-state index contributed by atoms with van der Waals surface area (Å²) in [5.41, 5.74) is 1.44. The van der Waals surface area contributed by atoms with Crippen LogP contribution in [0.5, 0.6) is 0 Å². The van der Waals surface area contributed by atoms with Gasteiger partial charge in [0.05, 0.1) is 4.92 Å². The summed E-state index contributed by atoms with van der Waals surface area (Å²) in [5, 5.41) is 10.6. The lowest BCUT2D eigenvalue weighted by molar-refractivity contribution is -0.384. The number of non-ortho nitro benzene ring substituents is 1. The Balaban J connectivity index is 2.03. The fraction of sp³-hybridized carbons (Fsp3) is 0.188. The van der Waals surface area contributed by atoms with Gasteiger partial charge in [0, 0.05) is 24.4 Å². The van der Waals surface area contributed by atoms with E-state index in [0.717, 1.165) is 5.56 Å². The number of rotatable bonds is 5. The Hall–Kier alpha value is -2.89. The molecule has 2 aromatic carbocycles. The highest BCUT2D eigenvalue weighted by Gasteiger charge is 2.16. The quantitative estimate of drug-likeness (QED) is 0.622. The number of anilines is 1. The number of nitro benzene ring substituents is 1. The van der Waals surface area contributed by atoms with Crippen molar-refractivity contribution in [3.8, 4) is 0 Å². The van der Waals surface area contributed by atoms with Crippen LogP contribution >= 0.6 is 0 Å². The third kappa shape index (κ3) is 3.82. The van der Waals surface area contributed by atoms with Crippen LogP contribution in [0.3, 0.4) is 0 Å². The van der Waals surface area contributed by atoms with E-state index in [1.807, 2.05) is 37.3 Å². The van der Waals surface area contributed by atoms with Gasteiger partial charge in [-0.25, -0.2) is 4.79 Å². The second kappa shape index (κ2) is 7.21. The molecule has 1 amide bonds. The maximum absolute atomic E-state index is 12.1. The summed E-state index contributed by atoms with van der Waals surface area (Å²) < 4.78 is 5.27. The van der Waals surface area contributed by atoms with Gasteiger partial charge in [-0.05, 0) is 24.6 Å². The van der Waals surface area contributed by atoms with Crippen LogP contribution < -0.4 is 4.90 Å². The van der Waals surface area contributed by atoms with Gasteiger partial charge in [0.1, 0.15) is 6.61 Å². The standard InChI is InChI=1S/C16H16N2O4/c1-2-17(14-8-10-15(11-9-14)18(20)21)16(19)22-12-13-6-4-3-5-7-13/h3-11H,2,12H2,1H3. The molecule has 114 valence electrons. The summed E-state index contributed by atoms with van der Waals surface area (Å²) in [5.74, 6) is 0. The van der Waals surface area contributed by atoms with E-state index in [-0.39, 0.29) is 12.3 Å². The monoisotopic (exact) mass is 300 g/mol. The Kier molecular flexibility index (Phi) is 5.08. The van der Waals surface area contributed by atoms with E-state index in [0.29, 0.717) is 12.2 Å². The summed E-state index contributed by atoms with van der Waals surface area (Å²) >= 11 is 0. The van der Waals surface area contributed by atoms with Crippen molar-refractivity contribution in [2.45, 2.75) is 13.5 Å². The van der Waals surface area contributed by atoms with E-state index < -0.39 is 11.0 Å². The molecular formula is C16H16N2O4. The number of amides is 1. The molecular weight excluding hydrogens is 284 g/mol. The molecule has 2 aromatic rings. The van der Waals surface area contributed by atoms with Gasteiger partial charge >= 0.3 is 6.09 Å². The molecule has 0 fully saturated rings. The molecule has 0 saturated carbocycles. The van der Waals surface area contributed by atoms with E-state index in [2.05, 4.69) is 0 Å². The Labute approximate surface area is 128 Å². The van der Waals surface area contributed by atoms with Crippen LogP contribution in [-0.4, -0.2) is 17.6 Å². The zero-order chi connectivity index (χ0) is 15.9. The fourth-order valence-corrected chi connectivity index (χ4v) is 1.97. The highest BCUT2D eigenvalue weighted by molar-refractivity contribution is 5.87. The summed E-state index contributed by atoms with van der Waals surface area (Å²) in [6, 6.07) is 15.2. The van der Waals surface area contributed by atoms with Crippen LogP contribution in [0.15, 0.2) is 54.6 Å². The highest BCUT2D eigenvalue weighted by Crippen LogP contribution is 2.20. The van der Waals surface area contributed by atoms with Gasteiger partial charge in [-0.1, -0.05) is 30.3 Å². The average Bonchev–Trinajstić information content (AvgIpc) is 2.55. The van der Waals surface area contributed by atoms with Gasteiger partial charge in [0.15, 0.2) is 0 Å². The van der Waals surface area contributed by atoms with Crippen LogP contribution in [0.1, 0.15) is 12.5 Å². The SMILES string of the molecule is CCN(C(=O)OCc1ccccc1)c1ccc([N+](=O)[O-])cc1. The van der Waals surface area contributed by atoms with Crippen molar-refractivity contribution in [2.75, 3.05) is 11.4 Å². The minimum absolute atomic E-state index is 0.0162. The Bertz CT molecular complexity index is 641. The third-order valence-electron chi connectivity index (χ3n) is 3.11. The van der Waals surface area contributed by atoms with Crippen molar-refractivity contribution in [1.82, 2.24) is 0 Å². The van der Waals surface area contributed by atoms with Crippen molar-refractivity contribution >= 4 is 17.5 Å². The summed E-state index contributed by atoms with van der Waals surface area (Å²) in [4.78, 5) is 23.7. The molecule has 0 aliphatic heterocycles. The van der Waals surface area contributed by atoms with Crippen molar-refractivity contribution in [2.24, 2.45) is 0 Å². The van der Waals surface area contributed by atoms with Crippen LogP contribution in [0.4, 0.5) is 16.2 Å². The second-order valence-electron chi connectivity index (χ2n) is 4.56. The summed E-state index contributed by atoms with van der Waals surface area (Å²) in [6.07, 6.45) is -0.486. The Morgan fingerprint density at radius 1 is 1.14 bits per heavy atom. The van der Waals surface area contributed by atoms with Gasteiger partial charge in [-0.15, -0.1) is 0 Å². The van der Waals surface area contributed by atoms with Gasteiger partial charge in [0.2, 0.25) is 0 Å². The first-order valence-electron chi connectivity index (χ1n) is 6.84. The molecule has 0 spiro atoms. The van der Waals surface area contributed by atoms with E-state index in [4.69, 9.17) is 4.74 Å². The highest BCUT2D eigenvalue weighted by atomic mass is 16.6. The molecule has 2 rings (SSSR count). The molecule has 0 atom stereocenters. The Morgan fingerprint density at radius 2 is 1.77 bits per heavy atom. The lowest BCUT2D eigenvalue weighted by Crippen LogP contribution is -2.31. The van der Waals surface area contributed by atoms with Crippen molar-refractivity contribution in [3.05, 3.63) is 70.3 Å². The third-order valence-corrected chi connectivity index (χ3v) is 3.11. The zero-order valence-corrected chi connectivity index (χ0v) is 12.1. The van der Waals surface area contributed by atoms with Crippen molar-refractivity contribution in [3.63, 3.8) is 0 Å². The van der Waals surface area contributed by atoms with E-state index in [1.54, 1.807) is 0 Å². The molecule has 0 radical (unpaired) electrons.